The first-order chi connectivity index (χ1) is 12.6. The highest BCUT2D eigenvalue weighted by Crippen LogP contribution is 2.16. The summed E-state index contributed by atoms with van der Waals surface area (Å²) in [6.45, 7) is 4.91. The Morgan fingerprint density at radius 2 is 1.50 bits per heavy atom. The molecule has 1 saturated heterocycles. The molecule has 1 aliphatic rings. The van der Waals surface area contributed by atoms with Crippen LogP contribution in [-0.4, -0.2) is 49.4 Å². The zero-order valence-electron chi connectivity index (χ0n) is 14.9. The molecule has 2 amide bonds. The molecule has 0 saturated carbocycles. The summed E-state index contributed by atoms with van der Waals surface area (Å²) < 4.78 is 0. The summed E-state index contributed by atoms with van der Waals surface area (Å²) >= 11 is 0. The molecule has 1 fully saturated rings. The molecule has 0 spiro atoms. The Morgan fingerprint density at radius 3 is 2.12 bits per heavy atom. The maximum Gasteiger partial charge on any atom is 0.241 e. The highest BCUT2D eigenvalue weighted by Gasteiger charge is 2.20. The number of anilines is 3. The van der Waals surface area contributed by atoms with Crippen molar-refractivity contribution in [2.24, 2.45) is 0 Å². The van der Waals surface area contributed by atoms with Gasteiger partial charge in [-0.3, -0.25) is 9.59 Å². The highest BCUT2D eigenvalue weighted by atomic mass is 16.2. The molecule has 3 rings (SSSR count). The quantitative estimate of drug-likeness (QED) is 0.867. The fraction of sp³-hybridized carbons (Fsp3) is 0.300. The Labute approximate surface area is 153 Å². The minimum atomic E-state index is -0.101. The van der Waals surface area contributed by atoms with E-state index in [1.165, 1.54) is 12.6 Å². The van der Waals surface area contributed by atoms with Crippen LogP contribution >= 0.6 is 0 Å². The number of nitrogens with one attached hydrogen (secondary N) is 2. The fourth-order valence-electron chi connectivity index (χ4n) is 3.02. The average Bonchev–Trinajstić information content (AvgIpc) is 2.67. The van der Waals surface area contributed by atoms with Crippen molar-refractivity contribution in [2.75, 3.05) is 48.3 Å². The Balaban J connectivity index is 1.45. The number of para-hydroxylation sites is 1. The Morgan fingerprint density at radius 1 is 0.885 bits per heavy atom. The number of carbonyl (C=O) groups is 2. The Kier molecular flexibility index (Phi) is 5.73. The van der Waals surface area contributed by atoms with Crippen molar-refractivity contribution >= 4 is 28.9 Å². The van der Waals surface area contributed by atoms with Crippen LogP contribution < -0.4 is 15.5 Å². The molecule has 0 unspecified atom stereocenters. The maximum absolute atomic E-state index is 12.4. The first-order valence-corrected chi connectivity index (χ1v) is 8.81. The summed E-state index contributed by atoms with van der Waals surface area (Å²) in [5.74, 6) is -0.000758. The van der Waals surface area contributed by atoms with Gasteiger partial charge in [0.25, 0.3) is 0 Å². The van der Waals surface area contributed by atoms with E-state index in [0.29, 0.717) is 0 Å². The molecule has 1 aliphatic heterocycles. The first kappa shape index (κ1) is 17.8. The largest absolute Gasteiger partial charge is 0.376 e. The summed E-state index contributed by atoms with van der Waals surface area (Å²) in [4.78, 5) is 27.6. The van der Waals surface area contributed by atoms with E-state index in [4.69, 9.17) is 0 Å². The van der Waals surface area contributed by atoms with Gasteiger partial charge in [0, 0.05) is 50.2 Å². The zero-order valence-corrected chi connectivity index (χ0v) is 14.9. The van der Waals surface area contributed by atoms with E-state index in [2.05, 4.69) is 27.7 Å². The van der Waals surface area contributed by atoms with Gasteiger partial charge in [-0.05, 0) is 36.4 Å². The fourth-order valence-corrected chi connectivity index (χ4v) is 3.02. The summed E-state index contributed by atoms with van der Waals surface area (Å²) in [7, 11) is 0. The molecule has 2 aromatic rings. The first-order valence-electron chi connectivity index (χ1n) is 8.81. The molecule has 6 heteroatoms. The zero-order chi connectivity index (χ0) is 18.4. The molecule has 0 atom stereocenters. The molecular formula is C20H24N4O2. The lowest BCUT2D eigenvalue weighted by Crippen LogP contribution is -2.50. The topological polar surface area (TPSA) is 64.7 Å². The second-order valence-corrected chi connectivity index (χ2v) is 6.32. The van der Waals surface area contributed by atoms with Crippen molar-refractivity contribution in [1.29, 1.82) is 0 Å². The van der Waals surface area contributed by atoms with Gasteiger partial charge in [-0.15, -0.1) is 0 Å². The molecule has 0 aliphatic carbocycles. The number of hydrogen-bond acceptors (Lipinski definition) is 4. The second kappa shape index (κ2) is 8.38. The van der Waals surface area contributed by atoms with Crippen molar-refractivity contribution < 1.29 is 9.59 Å². The molecular weight excluding hydrogens is 328 g/mol. The summed E-state index contributed by atoms with van der Waals surface area (Å²) in [6, 6.07) is 17.6. The van der Waals surface area contributed by atoms with E-state index in [-0.39, 0.29) is 18.4 Å². The van der Waals surface area contributed by atoms with E-state index in [1.807, 2.05) is 47.4 Å². The number of benzene rings is 2. The summed E-state index contributed by atoms with van der Waals surface area (Å²) in [5, 5.41) is 5.87. The van der Waals surface area contributed by atoms with Crippen molar-refractivity contribution in [3.05, 3.63) is 54.6 Å². The van der Waals surface area contributed by atoms with E-state index in [9.17, 15) is 9.59 Å². The van der Waals surface area contributed by atoms with E-state index < -0.39 is 0 Å². The van der Waals surface area contributed by atoms with Gasteiger partial charge >= 0.3 is 0 Å². The van der Waals surface area contributed by atoms with E-state index in [0.717, 1.165) is 37.6 Å². The van der Waals surface area contributed by atoms with Gasteiger partial charge in [-0.1, -0.05) is 18.2 Å². The van der Waals surface area contributed by atoms with Gasteiger partial charge in [-0.2, -0.15) is 0 Å². The van der Waals surface area contributed by atoms with Crippen LogP contribution in [0.15, 0.2) is 54.6 Å². The lowest BCUT2D eigenvalue weighted by Gasteiger charge is -2.36. The third-order valence-corrected chi connectivity index (χ3v) is 4.40. The van der Waals surface area contributed by atoms with E-state index in [1.54, 1.807) is 0 Å². The number of hydrogen-bond donors (Lipinski definition) is 2. The predicted octanol–water partition coefficient (Wildman–Crippen LogP) is 2.41. The van der Waals surface area contributed by atoms with Crippen LogP contribution in [-0.2, 0) is 9.59 Å². The smallest absolute Gasteiger partial charge is 0.241 e. The van der Waals surface area contributed by atoms with Gasteiger partial charge in [-0.25, -0.2) is 0 Å². The normalized spacial score (nSPS) is 14.0. The lowest BCUT2D eigenvalue weighted by atomic mass is 10.2. The molecule has 6 nitrogen and oxygen atoms in total. The second-order valence-electron chi connectivity index (χ2n) is 6.32. The number of carbonyl (C=O) groups excluding carboxylic acids is 2. The molecule has 0 aromatic heterocycles. The number of nitrogens with zero attached hydrogens (tertiary/aromatic N) is 2. The molecule has 26 heavy (non-hydrogen) atoms. The highest BCUT2D eigenvalue weighted by molar-refractivity contribution is 5.89. The maximum atomic E-state index is 12.4. The van der Waals surface area contributed by atoms with Gasteiger partial charge in [0.1, 0.15) is 0 Å². The van der Waals surface area contributed by atoms with E-state index >= 15 is 0 Å². The lowest BCUT2D eigenvalue weighted by molar-refractivity contribution is -0.129. The average molecular weight is 352 g/mol. The van der Waals surface area contributed by atoms with Crippen LogP contribution in [0, 0.1) is 0 Å². The van der Waals surface area contributed by atoms with Gasteiger partial charge in [0.15, 0.2) is 0 Å². The Bertz CT molecular complexity index is 738. The van der Waals surface area contributed by atoms with Crippen LogP contribution in [0.4, 0.5) is 17.1 Å². The van der Waals surface area contributed by atoms with Crippen molar-refractivity contribution in [3.8, 4) is 0 Å². The SMILES string of the molecule is CC(=O)Nc1ccc(NCC(=O)N2CCN(c3ccccc3)CC2)cc1. The van der Waals surface area contributed by atoms with Crippen LogP contribution in [0.1, 0.15) is 6.92 Å². The minimum Gasteiger partial charge on any atom is -0.376 e. The van der Waals surface area contributed by atoms with Crippen molar-refractivity contribution in [1.82, 2.24) is 4.90 Å². The number of rotatable bonds is 5. The van der Waals surface area contributed by atoms with Crippen molar-refractivity contribution in [2.45, 2.75) is 6.92 Å². The number of piperazine rings is 1. The third-order valence-electron chi connectivity index (χ3n) is 4.40. The molecule has 2 aromatic carbocycles. The minimum absolute atomic E-state index is 0.101. The van der Waals surface area contributed by atoms with Crippen LogP contribution in [0.3, 0.4) is 0 Å². The molecule has 0 bridgehead atoms. The van der Waals surface area contributed by atoms with Crippen LogP contribution in [0.2, 0.25) is 0 Å². The summed E-state index contributed by atoms with van der Waals surface area (Å²) in [6.07, 6.45) is 0. The number of amides is 2. The standard InChI is InChI=1S/C20H24N4O2/c1-16(25)22-18-9-7-17(8-10-18)21-15-20(26)24-13-11-23(12-14-24)19-5-3-2-4-6-19/h2-10,21H,11-15H2,1H3,(H,22,25). The van der Waals surface area contributed by atoms with Crippen molar-refractivity contribution in [3.63, 3.8) is 0 Å². The molecule has 0 radical (unpaired) electrons. The summed E-state index contributed by atoms with van der Waals surface area (Å²) in [5.41, 5.74) is 2.80. The molecule has 1 heterocycles. The molecule has 2 N–H and O–H groups in total. The molecule has 136 valence electrons. The van der Waals surface area contributed by atoms with Gasteiger partial charge in [0.2, 0.25) is 11.8 Å². The third kappa shape index (κ3) is 4.75. The predicted molar refractivity (Wildman–Crippen MR) is 104 cm³/mol. The van der Waals surface area contributed by atoms with Crippen LogP contribution in [0.5, 0.6) is 0 Å². The van der Waals surface area contributed by atoms with Gasteiger partial charge in [0.05, 0.1) is 6.54 Å². The van der Waals surface area contributed by atoms with Gasteiger partial charge < -0.3 is 20.4 Å². The Hall–Kier alpha value is -3.02. The monoisotopic (exact) mass is 352 g/mol. The van der Waals surface area contributed by atoms with Crippen LogP contribution in [0.25, 0.3) is 0 Å².